The lowest BCUT2D eigenvalue weighted by molar-refractivity contribution is -0.384. The molecule has 2 aliphatic heterocycles. The van der Waals surface area contributed by atoms with Crippen molar-refractivity contribution >= 4 is 44.8 Å². The summed E-state index contributed by atoms with van der Waals surface area (Å²) in [7, 11) is 0. The number of hydrogen-bond donors (Lipinski definition) is 3. The van der Waals surface area contributed by atoms with Crippen molar-refractivity contribution in [3.8, 4) is 0 Å². The van der Waals surface area contributed by atoms with Crippen LogP contribution in [0.2, 0.25) is 0 Å². The fraction of sp³-hybridized carbons (Fsp3) is 0.364. The number of non-ortho nitro benzene ring substituents is 1. The maximum absolute atomic E-state index is 10.8. The van der Waals surface area contributed by atoms with E-state index in [4.69, 9.17) is 15.2 Å². The SMILES string of the molecule is Nc1ccc2[nH]nc(N3CCOCC3)c2c1.O=[N+]([O-])c1ccc2[nH]nc(N3CCOCC3)c2c1. The largest absolute Gasteiger partial charge is 0.399 e. The summed E-state index contributed by atoms with van der Waals surface area (Å²) < 4.78 is 10.6. The van der Waals surface area contributed by atoms with Gasteiger partial charge in [-0.2, -0.15) is 10.2 Å². The highest BCUT2D eigenvalue weighted by Gasteiger charge is 2.19. The number of fused-ring (bicyclic) bond motifs is 2. The van der Waals surface area contributed by atoms with E-state index in [9.17, 15) is 10.1 Å². The van der Waals surface area contributed by atoms with E-state index in [0.717, 1.165) is 78.5 Å². The van der Waals surface area contributed by atoms with Crippen LogP contribution in [0.15, 0.2) is 36.4 Å². The van der Waals surface area contributed by atoms with Crippen molar-refractivity contribution < 1.29 is 14.4 Å². The summed E-state index contributed by atoms with van der Waals surface area (Å²) in [6.07, 6.45) is 0. The number of nitrogens with two attached hydrogens (primary N) is 1. The number of anilines is 3. The number of aromatic nitrogens is 4. The van der Waals surface area contributed by atoms with Gasteiger partial charge in [0.2, 0.25) is 0 Å². The Morgan fingerprint density at radius 3 is 1.85 bits per heavy atom. The van der Waals surface area contributed by atoms with Gasteiger partial charge in [0.1, 0.15) is 0 Å². The fourth-order valence-electron chi connectivity index (χ4n) is 4.15. The van der Waals surface area contributed by atoms with E-state index >= 15 is 0 Å². The first-order chi connectivity index (χ1) is 16.6. The number of nitrogens with zero attached hydrogens (tertiary/aromatic N) is 5. The van der Waals surface area contributed by atoms with Crippen LogP contribution in [0.5, 0.6) is 0 Å². The van der Waals surface area contributed by atoms with Crippen LogP contribution in [-0.2, 0) is 9.47 Å². The molecule has 2 saturated heterocycles. The molecule has 4 N–H and O–H groups in total. The Labute approximate surface area is 194 Å². The van der Waals surface area contributed by atoms with Gasteiger partial charge in [-0.25, -0.2) is 0 Å². The van der Waals surface area contributed by atoms with E-state index < -0.39 is 4.92 Å². The second-order valence-corrected chi connectivity index (χ2v) is 8.09. The van der Waals surface area contributed by atoms with Crippen molar-refractivity contribution in [2.45, 2.75) is 0 Å². The summed E-state index contributed by atoms with van der Waals surface area (Å²) >= 11 is 0. The number of morpholine rings is 2. The Hall–Kier alpha value is -3.90. The molecule has 178 valence electrons. The van der Waals surface area contributed by atoms with Crippen molar-refractivity contribution in [1.82, 2.24) is 20.4 Å². The van der Waals surface area contributed by atoms with Crippen LogP contribution >= 0.6 is 0 Å². The summed E-state index contributed by atoms with van der Waals surface area (Å²) in [6.45, 7) is 6.11. The Kier molecular flexibility index (Phi) is 6.14. The molecule has 4 aromatic rings. The quantitative estimate of drug-likeness (QED) is 0.235. The number of rotatable bonds is 3. The van der Waals surface area contributed by atoms with Crippen molar-refractivity contribution in [3.05, 3.63) is 46.5 Å². The third-order valence-corrected chi connectivity index (χ3v) is 5.93. The molecule has 0 spiro atoms. The van der Waals surface area contributed by atoms with Crippen molar-refractivity contribution in [1.29, 1.82) is 0 Å². The first-order valence-corrected chi connectivity index (χ1v) is 11.1. The molecule has 4 heterocycles. The van der Waals surface area contributed by atoms with Crippen LogP contribution in [0.1, 0.15) is 0 Å². The smallest absolute Gasteiger partial charge is 0.270 e. The number of H-pyrrole nitrogens is 2. The van der Waals surface area contributed by atoms with Crippen molar-refractivity contribution in [3.63, 3.8) is 0 Å². The maximum atomic E-state index is 10.8. The molecule has 0 unspecified atom stereocenters. The van der Waals surface area contributed by atoms with Crippen LogP contribution in [0.3, 0.4) is 0 Å². The summed E-state index contributed by atoms with van der Waals surface area (Å²) in [5, 5.41) is 27.2. The minimum absolute atomic E-state index is 0.0819. The molecule has 0 radical (unpaired) electrons. The van der Waals surface area contributed by atoms with Crippen molar-refractivity contribution in [2.24, 2.45) is 0 Å². The van der Waals surface area contributed by atoms with Gasteiger partial charge in [-0.3, -0.25) is 20.3 Å². The zero-order valence-corrected chi connectivity index (χ0v) is 18.6. The standard InChI is InChI=1S/C11H12N4O3.C11H14N4O/c16-15(17)8-1-2-10-9(7-8)11(13-12-10)14-3-5-18-6-4-14;12-8-1-2-10-9(7-8)11(14-13-10)15-3-5-16-6-4-15/h1-2,7H,3-6H2,(H,12,13);1-2,7H,3-6,12H2,(H,13,14). The number of hydrogen-bond acceptors (Lipinski definition) is 9. The van der Waals surface area contributed by atoms with E-state index in [2.05, 4.69) is 30.2 Å². The lowest BCUT2D eigenvalue weighted by atomic mass is 10.2. The number of nitro benzene ring substituents is 1. The van der Waals surface area contributed by atoms with Gasteiger partial charge in [0.25, 0.3) is 5.69 Å². The maximum Gasteiger partial charge on any atom is 0.270 e. The summed E-state index contributed by atoms with van der Waals surface area (Å²) in [4.78, 5) is 14.7. The molecule has 34 heavy (non-hydrogen) atoms. The van der Waals surface area contributed by atoms with Crippen LogP contribution in [0.4, 0.5) is 23.0 Å². The highest BCUT2D eigenvalue weighted by Crippen LogP contribution is 2.28. The van der Waals surface area contributed by atoms with Gasteiger partial charge in [0.15, 0.2) is 11.6 Å². The molecule has 2 aromatic carbocycles. The zero-order chi connectivity index (χ0) is 23.5. The molecule has 2 aliphatic rings. The lowest BCUT2D eigenvalue weighted by Gasteiger charge is -2.26. The van der Waals surface area contributed by atoms with Gasteiger partial charge in [0, 0.05) is 49.4 Å². The monoisotopic (exact) mass is 466 g/mol. The van der Waals surface area contributed by atoms with E-state index in [-0.39, 0.29) is 5.69 Å². The fourth-order valence-corrected chi connectivity index (χ4v) is 4.15. The average molecular weight is 467 g/mol. The molecule has 0 saturated carbocycles. The van der Waals surface area contributed by atoms with Gasteiger partial charge in [-0.1, -0.05) is 0 Å². The molecule has 12 heteroatoms. The molecule has 0 aliphatic carbocycles. The predicted octanol–water partition coefficient (Wildman–Crippen LogP) is 2.29. The zero-order valence-electron chi connectivity index (χ0n) is 18.6. The molecular weight excluding hydrogens is 440 g/mol. The van der Waals surface area contributed by atoms with E-state index in [1.54, 1.807) is 12.1 Å². The molecule has 2 fully saturated rings. The van der Waals surface area contributed by atoms with E-state index in [1.165, 1.54) is 6.07 Å². The Morgan fingerprint density at radius 2 is 1.32 bits per heavy atom. The predicted molar refractivity (Wildman–Crippen MR) is 129 cm³/mol. The number of nitro groups is 1. The minimum Gasteiger partial charge on any atom is -0.399 e. The number of aromatic amines is 2. The van der Waals surface area contributed by atoms with E-state index in [0.29, 0.717) is 13.2 Å². The lowest BCUT2D eigenvalue weighted by Crippen LogP contribution is -2.36. The molecule has 0 atom stereocenters. The average Bonchev–Trinajstić information content (AvgIpc) is 3.49. The van der Waals surface area contributed by atoms with Crippen LogP contribution in [-0.4, -0.2) is 77.9 Å². The number of benzene rings is 2. The second kappa shape index (κ2) is 9.53. The van der Waals surface area contributed by atoms with Crippen molar-refractivity contribution in [2.75, 3.05) is 68.1 Å². The van der Waals surface area contributed by atoms with E-state index in [1.807, 2.05) is 18.2 Å². The second-order valence-electron chi connectivity index (χ2n) is 8.09. The summed E-state index contributed by atoms with van der Waals surface area (Å²) in [5.41, 5.74) is 8.48. The molecule has 0 amide bonds. The highest BCUT2D eigenvalue weighted by atomic mass is 16.6. The van der Waals surface area contributed by atoms with Crippen LogP contribution < -0.4 is 15.5 Å². The molecular formula is C22H26N8O4. The molecule has 0 bridgehead atoms. The topological polar surface area (TPSA) is 151 Å². The van der Waals surface area contributed by atoms with Gasteiger partial charge >= 0.3 is 0 Å². The molecule has 2 aromatic heterocycles. The number of nitrogen functional groups attached to an aromatic ring is 1. The summed E-state index contributed by atoms with van der Waals surface area (Å²) in [5.74, 6) is 1.74. The summed E-state index contributed by atoms with van der Waals surface area (Å²) in [6, 6.07) is 10.5. The molecule has 12 nitrogen and oxygen atoms in total. The Morgan fingerprint density at radius 1 is 0.824 bits per heavy atom. The molecule has 6 rings (SSSR count). The van der Waals surface area contributed by atoms with Crippen LogP contribution in [0, 0.1) is 10.1 Å². The minimum atomic E-state index is -0.393. The van der Waals surface area contributed by atoms with Gasteiger partial charge in [-0.15, -0.1) is 0 Å². The normalized spacial score (nSPS) is 16.5. The first kappa shape index (κ1) is 21.9. The van der Waals surface area contributed by atoms with Gasteiger partial charge in [0.05, 0.1) is 47.8 Å². The Bertz CT molecular complexity index is 1290. The van der Waals surface area contributed by atoms with Gasteiger partial charge in [-0.05, 0) is 24.3 Å². The first-order valence-electron chi connectivity index (χ1n) is 11.1. The van der Waals surface area contributed by atoms with Gasteiger partial charge < -0.3 is 25.0 Å². The Balaban J connectivity index is 0.000000142. The number of nitrogens with one attached hydrogen (secondary N) is 2. The number of ether oxygens (including phenoxy) is 2. The third-order valence-electron chi connectivity index (χ3n) is 5.93. The van der Waals surface area contributed by atoms with Crippen LogP contribution in [0.25, 0.3) is 21.8 Å². The highest BCUT2D eigenvalue weighted by molar-refractivity contribution is 5.93. The third kappa shape index (κ3) is 4.45.